The highest BCUT2D eigenvalue weighted by Crippen LogP contribution is 2.47. The molecule has 2 aliphatic rings. The van der Waals surface area contributed by atoms with E-state index in [9.17, 15) is 9.59 Å². The SMILES string of the molecule is CCCC1C(=O)C2(CCOCC2)C1=O. The fourth-order valence-electron chi connectivity index (χ4n) is 2.59. The molecule has 1 heterocycles. The summed E-state index contributed by atoms with van der Waals surface area (Å²) in [7, 11) is 0. The highest BCUT2D eigenvalue weighted by molar-refractivity contribution is 6.27. The summed E-state index contributed by atoms with van der Waals surface area (Å²) in [5, 5.41) is 0. The summed E-state index contributed by atoms with van der Waals surface area (Å²) in [5.74, 6) is 0.0957. The predicted octanol–water partition coefficient (Wildman–Crippen LogP) is 1.35. The van der Waals surface area contributed by atoms with E-state index in [1.807, 2.05) is 6.92 Å². The Hall–Kier alpha value is -0.700. The second-order valence-corrected chi connectivity index (χ2v) is 4.26. The second-order valence-electron chi connectivity index (χ2n) is 4.26. The monoisotopic (exact) mass is 196 g/mol. The van der Waals surface area contributed by atoms with Gasteiger partial charge in [-0.15, -0.1) is 0 Å². The third kappa shape index (κ3) is 1.15. The molecule has 0 aromatic rings. The number of ketones is 2. The van der Waals surface area contributed by atoms with Crippen LogP contribution >= 0.6 is 0 Å². The first-order chi connectivity index (χ1) is 6.72. The molecule has 0 aromatic carbocycles. The van der Waals surface area contributed by atoms with Crippen molar-refractivity contribution in [1.82, 2.24) is 0 Å². The van der Waals surface area contributed by atoms with Crippen LogP contribution in [0.5, 0.6) is 0 Å². The Balaban J connectivity index is 2.09. The Morgan fingerprint density at radius 1 is 1.29 bits per heavy atom. The maximum Gasteiger partial charge on any atom is 0.157 e. The molecule has 14 heavy (non-hydrogen) atoms. The number of hydrogen-bond donors (Lipinski definition) is 0. The van der Waals surface area contributed by atoms with E-state index >= 15 is 0 Å². The molecule has 1 saturated heterocycles. The van der Waals surface area contributed by atoms with E-state index in [0.717, 1.165) is 12.8 Å². The lowest BCUT2D eigenvalue weighted by atomic mass is 9.55. The fraction of sp³-hybridized carbons (Fsp3) is 0.818. The number of Topliss-reactive ketones (excluding diaryl/α,β-unsaturated/α-hetero) is 2. The second kappa shape index (κ2) is 3.46. The summed E-state index contributed by atoms with van der Waals surface area (Å²) in [4.78, 5) is 23.7. The zero-order valence-corrected chi connectivity index (χ0v) is 8.54. The van der Waals surface area contributed by atoms with Crippen molar-refractivity contribution < 1.29 is 14.3 Å². The van der Waals surface area contributed by atoms with Crippen molar-refractivity contribution in [2.45, 2.75) is 32.6 Å². The van der Waals surface area contributed by atoms with E-state index in [4.69, 9.17) is 4.74 Å². The van der Waals surface area contributed by atoms with Gasteiger partial charge in [0.2, 0.25) is 0 Å². The molecule has 2 rings (SSSR count). The molecule has 1 saturated carbocycles. The van der Waals surface area contributed by atoms with Crippen LogP contribution in [0.4, 0.5) is 0 Å². The van der Waals surface area contributed by atoms with Crippen LogP contribution in [-0.2, 0) is 14.3 Å². The molecule has 3 heteroatoms. The van der Waals surface area contributed by atoms with Crippen LogP contribution in [0.25, 0.3) is 0 Å². The van der Waals surface area contributed by atoms with Gasteiger partial charge in [-0.2, -0.15) is 0 Å². The van der Waals surface area contributed by atoms with Crippen molar-refractivity contribution in [2.24, 2.45) is 11.3 Å². The minimum Gasteiger partial charge on any atom is -0.381 e. The number of carbonyl (C=O) groups is 2. The number of rotatable bonds is 2. The normalized spacial score (nSPS) is 26.6. The van der Waals surface area contributed by atoms with Gasteiger partial charge in [0, 0.05) is 13.2 Å². The van der Waals surface area contributed by atoms with Crippen molar-refractivity contribution in [1.29, 1.82) is 0 Å². The topological polar surface area (TPSA) is 43.4 Å². The number of hydrogen-bond acceptors (Lipinski definition) is 3. The van der Waals surface area contributed by atoms with Gasteiger partial charge in [0.15, 0.2) is 11.6 Å². The molecule has 3 nitrogen and oxygen atoms in total. The Morgan fingerprint density at radius 2 is 1.86 bits per heavy atom. The molecular formula is C11H16O3. The summed E-state index contributed by atoms with van der Waals surface area (Å²) in [5.41, 5.74) is -0.613. The molecule has 0 atom stereocenters. The van der Waals surface area contributed by atoms with Crippen molar-refractivity contribution in [3.05, 3.63) is 0 Å². The van der Waals surface area contributed by atoms with Crippen LogP contribution in [0.2, 0.25) is 0 Å². The molecule has 0 aromatic heterocycles. The third-order valence-electron chi connectivity index (χ3n) is 3.50. The molecular weight excluding hydrogens is 180 g/mol. The van der Waals surface area contributed by atoms with E-state index in [1.165, 1.54) is 0 Å². The lowest BCUT2D eigenvalue weighted by molar-refractivity contribution is -0.168. The number of carbonyl (C=O) groups excluding carboxylic acids is 2. The van der Waals surface area contributed by atoms with E-state index in [1.54, 1.807) is 0 Å². The Labute approximate surface area is 83.8 Å². The maximum atomic E-state index is 11.9. The molecule has 1 aliphatic heterocycles. The van der Waals surface area contributed by atoms with Crippen molar-refractivity contribution in [3.63, 3.8) is 0 Å². The van der Waals surface area contributed by atoms with Gasteiger partial charge in [-0.25, -0.2) is 0 Å². The highest BCUT2D eigenvalue weighted by atomic mass is 16.5. The first-order valence-electron chi connectivity index (χ1n) is 5.39. The van der Waals surface area contributed by atoms with Crippen LogP contribution < -0.4 is 0 Å². The summed E-state index contributed by atoms with van der Waals surface area (Å²) in [6.07, 6.45) is 2.88. The van der Waals surface area contributed by atoms with E-state index in [0.29, 0.717) is 26.1 Å². The average molecular weight is 196 g/mol. The molecule has 1 aliphatic carbocycles. The molecule has 0 amide bonds. The summed E-state index contributed by atoms with van der Waals surface area (Å²) < 4.78 is 5.19. The molecule has 78 valence electrons. The van der Waals surface area contributed by atoms with Crippen LogP contribution in [0.3, 0.4) is 0 Å². The predicted molar refractivity (Wildman–Crippen MR) is 50.9 cm³/mol. The Bertz CT molecular complexity index is 246. The largest absolute Gasteiger partial charge is 0.381 e. The van der Waals surface area contributed by atoms with Gasteiger partial charge >= 0.3 is 0 Å². The molecule has 0 bridgehead atoms. The van der Waals surface area contributed by atoms with Crippen LogP contribution in [0, 0.1) is 11.3 Å². The maximum absolute atomic E-state index is 11.9. The van der Waals surface area contributed by atoms with E-state index < -0.39 is 5.41 Å². The van der Waals surface area contributed by atoms with Gasteiger partial charge in [-0.05, 0) is 19.3 Å². The van der Waals surface area contributed by atoms with Gasteiger partial charge in [0.05, 0.1) is 11.3 Å². The Morgan fingerprint density at radius 3 is 2.36 bits per heavy atom. The summed E-state index contributed by atoms with van der Waals surface area (Å²) in [6.45, 7) is 3.14. The first kappa shape index (κ1) is 9.84. The Kier molecular flexibility index (Phi) is 2.43. The average Bonchev–Trinajstić information content (AvgIpc) is 2.26. The molecule has 0 N–H and O–H groups in total. The molecule has 0 unspecified atom stereocenters. The quantitative estimate of drug-likeness (QED) is 0.626. The first-order valence-corrected chi connectivity index (χ1v) is 5.39. The standard InChI is InChI=1S/C11H16O3/c1-2-3-8-9(12)11(10(8)13)4-6-14-7-5-11/h8H,2-7H2,1H3. The van der Waals surface area contributed by atoms with E-state index in [-0.39, 0.29) is 17.5 Å². The molecule has 2 fully saturated rings. The van der Waals surface area contributed by atoms with Gasteiger partial charge in [-0.1, -0.05) is 13.3 Å². The lowest BCUT2D eigenvalue weighted by Gasteiger charge is -2.46. The van der Waals surface area contributed by atoms with Crippen LogP contribution in [0.1, 0.15) is 32.6 Å². The highest BCUT2D eigenvalue weighted by Gasteiger charge is 2.60. The van der Waals surface area contributed by atoms with Gasteiger partial charge in [0.25, 0.3) is 0 Å². The minimum absolute atomic E-state index is 0.188. The van der Waals surface area contributed by atoms with Crippen molar-refractivity contribution in [3.8, 4) is 0 Å². The molecule has 0 radical (unpaired) electrons. The van der Waals surface area contributed by atoms with Crippen molar-refractivity contribution in [2.75, 3.05) is 13.2 Å². The molecule has 1 spiro atoms. The lowest BCUT2D eigenvalue weighted by Crippen LogP contribution is -2.60. The zero-order valence-electron chi connectivity index (χ0n) is 8.54. The fourth-order valence-corrected chi connectivity index (χ4v) is 2.59. The van der Waals surface area contributed by atoms with Gasteiger partial charge in [-0.3, -0.25) is 9.59 Å². The van der Waals surface area contributed by atoms with Crippen LogP contribution in [0.15, 0.2) is 0 Å². The van der Waals surface area contributed by atoms with Gasteiger partial charge < -0.3 is 4.74 Å². The van der Waals surface area contributed by atoms with Crippen LogP contribution in [-0.4, -0.2) is 24.8 Å². The summed E-state index contributed by atoms with van der Waals surface area (Å²) in [6, 6.07) is 0. The van der Waals surface area contributed by atoms with E-state index in [2.05, 4.69) is 0 Å². The summed E-state index contributed by atoms with van der Waals surface area (Å²) >= 11 is 0. The minimum atomic E-state index is -0.613. The number of ether oxygens (including phenoxy) is 1. The van der Waals surface area contributed by atoms with Gasteiger partial charge in [0.1, 0.15) is 0 Å². The third-order valence-corrected chi connectivity index (χ3v) is 3.50. The smallest absolute Gasteiger partial charge is 0.157 e. The zero-order chi connectivity index (χ0) is 10.2. The van der Waals surface area contributed by atoms with Crippen molar-refractivity contribution >= 4 is 11.6 Å².